The van der Waals surface area contributed by atoms with Gasteiger partial charge in [0.05, 0.1) is 47.3 Å². The molecule has 152 valence electrons. The van der Waals surface area contributed by atoms with Crippen LogP contribution in [0.2, 0.25) is 0 Å². The van der Waals surface area contributed by atoms with Crippen molar-refractivity contribution in [2.24, 2.45) is 0 Å². The number of imidazole rings is 1. The minimum Gasteiger partial charge on any atom is -0.390 e. The number of aliphatic hydroxyl groups excluding tert-OH is 1. The Hall–Kier alpha value is -4.24. The van der Waals surface area contributed by atoms with Crippen LogP contribution in [0.15, 0.2) is 67.1 Å². The first-order valence-electron chi connectivity index (χ1n) is 9.42. The van der Waals surface area contributed by atoms with E-state index in [9.17, 15) is 9.50 Å². The zero-order chi connectivity index (χ0) is 21.4. The second-order valence-corrected chi connectivity index (χ2v) is 6.77. The average molecular weight is 413 g/mol. The maximum atomic E-state index is 13.3. The van der Waals surface area contributed by atoms with Gasteiger partial charge >= 0.3 is 0 Å². The van der Waals surface area contributed by atoms with Crippen molar-refractivity contribution < 1.29 is 9.50 Å². The molecule has 0 spiro atoms. The summed E-state index contributed by atoms with van der Waals surface area (Å²) >= 11 is 0. The number of anilines is 1. The zero-order valence-corrected chi connectivity index (χ0v) is 16.1. The van der Waals surface area contributed by atoms with Crippen molar-refractivity contribution in [1.82, 2.24) is 29.5 Å². The molecule has 8 nitrogen and oxygen atoms in total. The van der Waals surface area contributed by atoms with Crippen molar-refractivity contribution in [3.8, 4) is 28.5 Å². The van der Waals surface area contributed by atoms with Gasteiger partial charge in [-0.25, -0.2) is 19.3 Å². The Morgan fingerprint density at radius 2 is 1.77 bits per heavy atom. The minimum absolute atomic E-state index is 0.161. The number of nitrogens with zero attached hydrogens (tertiary/aromatic N) is 6. The summed E-state index contributed by atoms with van der Waals surface area (Å²) in [7, 11) is 0. The van der Waals surface area contributed by atoms with E-state index in [0.717, 1.165) is 6.20 Å². The zero-order valence-electron chi connectivity index (χ0n) is 16.1. The molecule has 0 bridgehead atoms. The number of nitrogens with two attached hydrogens (primary N) is 1. The van der Waals surface area contributed by atoms with Crippen LogP contribution < -0.4 is 5.73 Å². The van der Waals surface area contributed by atoms with Crippen molar-refractivity contribution in [3.05, 3.63) is 78.6 Å². The van der Waals surface area contributed by atoms with Gasteiger partial charge in [-0.15, -0.1) is 0 Å². The quantitative estimate of drug-likeness (QED) is 0.465. The Morgan fingerprint density at radius 3 is 2.48 bits per heavy atom. The molecule has 0 aliphatic carbocycles. The van der Waals surface area contributed by atoms with Crippen LogP contribution in [0, 0.1) is 5.82 Å². The third-order valence-corrected chi connectivity index (χ3v) is 4.80. The van der Waals surface area contributed by atoms with Crippen LogP contribution >= 0.6 is 0 Å². The first-order valence-corrected chi connectivity index (χ1v) is 9.42. The average Bonchev–Trinajstić information content (AvgIpc) is 3.18. The Morgan fingerprint density at radius 1 is 0.903 bits per heavy atom. The first-order chi connectivity index (χ1) is 15.1. The second-order valence-electron chi connectivity index (χ2n) is 6.77. The third-order valence-electron chi connectivity index (χ3n) is 4.80. The van der Waals surface area contributed by atoms with Gasteiger partial charge in [-0.05, 0) is 48.5 Å². The van der Waals surface area contributed by atoms with Gasteiger partial charge in [0.1, 0.15) is 17.2 Å². The maximum Gasteiger partial charge on any atom is 0.165 e. The molecule has 5 rings (SSSR count). The molecule has 0 fully saturated rings. The van der Waals surface area contributed by atoms with E-state index in [1.165, 1.54) is 6.07 Å². The number of fused-ring (bicyclic) bond motifs is 1. The maximum absolute atomic E-state index is 13.3. The van der Waals surface area contributed by atoms with E-state index in [0.29, 0.717) is 51.1 Å². The summed E-state index contributed by atoms with van der Waals surface area (Å²) in [4.78, 5) is 22.1. The van der Waals surface area contributed by atoms with Gasteiger partial charge in [0, 0.05) is 6.20 Å². The molecule has 9 heteroatoms. The Balaban J connectivity index is 1.77. The van der Waals surface area contributed by atoms with Crippen molar-refractivity contribution in [2.75, 3.05) is 5.73 Å². The lowest BCUT2D eigenvalue weighted by Gasteiger charge is -2.10. The fraction of sp³-hybridized carbons (Fsp3) is 0.0455. The first kappa shape index (κ1) is 18.8. The molecule has 0 saturated heterocycles. The minimum atomic E-state index is -0.417. The lowest BCUT2D eigenvalue weighted by Crippen LogP contribution is -2.03. The second kappa shape index (κ2) is 7.54. The largest absolute Gasteiger partial charge is 0.390 e. The predicted octanol–water partition coefficient (Wildman–Crippen LogP) is 3.15. The normalized spacial score (nSPS) is 11.2. The van der Waals surface area contributed by atoms with Crippen LogP contribution in [0.4, 0.5) is 10.2 Å². The highest BCUT2D eigenvalue weighted by Gasteiger charge is 2.19. The monoisotopic (exact) mass is 413 g/mol. The van der Waals surface area contributed by atoms with Gasteiger partial charge in [0.15, 0.2) is 11.5 Å². The topological polar surface area (TPSA) is 116 Å². The summed E-state index contributed by atoms with van der Waals surface area (Å²) < 4.78 is 15.1. The number of aromatic nitrogens is 6. The molecule has 5 heterocycles. The lowest BCUT2D eigenvalue weighted by atomic mass is 10.2. The van der Waals surface area contributed by atoms with E-state index in [1.807, 2.05) is 22.8 Å². The summed E-state index contributed by atoms with van der Waals surface area (Å²) in [6, 6.07) is 13.7. The fourth-order valence-electron chi connectivity index (χ4n) is 3.30. The highest BCUT2D eigenvalue weighted by molar-refractivity contribution is 5.84. The molecule has 0 aliphatic rings. The SMILES string of the molecule is Nc1ncccc1-c1nc2ccc(-c3ccc(F)cn3)nc2n1-c1ccc(CO)nc1. The molecule has 0 saturated carbocycles. The van der Waals surface area contributed by atoms with E-state index >= 15 is 0 Å². The Kier molecular flexibility index (Phi) is 4.57. The molecular weight excluding hydrogens is 397 g/mol. The highest BCUT2D eigenvalue weighted by Crippen LogP contribution is 2.31. The Labute approximate surface area is 175 Å². The summed E-state index contributed by atoms with van der Waals surface area (Å²) in [5.74, 6) is 0.467. The smallest absolute Gasteiger partial charge is 0.165 e. The molecular formula is C22H16FN7O. The fourth-order valence-corrected chi connectivity index (χ4v) is 3.30. The van der Waals surface area contributed by atoms with Crippen LogP contribution in [0.3, 0.4) is 0 Å². The third kappa shape index (κ3) is 3.36. The predicted molar refractivity (Wildman–Crippen MR) is 113 cm³/mol. The van der Waals surface area contributed by atoms with Gasteiger partial charge in [-0.2, -0.15) is 0 Å². The summed E-state index contributed by atoms with van der Waals surface area (Å²) in [6.45, 7) is -0.161. The molecule has 0 unspecified atom stereocenters. The standard InChI is InChI=1S/C22H16FN7O/c23-13-3-6-17(27-10-13)18-7-8-19-22(28-18)30(15-5-4-14(12-31)26-11-15)21(29-19)16-2-1-9-25-20(16)24/h1-11,31H,12H2,(H2,24,25). The molecule has 0 amide bonds. The molecule has 5 aromatic rings. The van der Waals surface area contributed by atoms with Gasteiger partial charge in [-0.3, -0.25) is 14.5 Å². The highest BCUT2D eigenvalue weighted by atomic mass is 19.1. The van der Waals surface area contributed by atoms with Gasteiger partial charge in [-0.1, -0.05) is 0 Å². The Bertz CT molecular complexity index is 1380. The van der Waals surface area contributed by atoms with E-state index < -0.39 is 5.82 Å². The summed E-state index contributed by atoms with van der Waals surface area (Å²) in [6.07, 6.45) is 4.39. The summed E-state index contributed by atoms with van der Waals surface area (Å²) in [5.41, 5.74) is 10.3. The van der Waals surface area contributed by atoms with Crippen molar-refractivity contribution >= 4 is 17.0 Å². The molecule has 0 aliphatic heterocycles. The number of halogens is 1. The van der Waals surface area contributed by atoms with Gasteiger partial charge < -0.3 is 10.8 Å². The van der Waals surface area contributed by atoms with E-state index in [4.69, 9.17) is 15.7 Å². The molecule has 5 aromatic heterocycles. The summed E-state index contributed by atoms with van der Waals surface area (Å²) in [5, 5.41) is 9.33. The van der Waals surface area contributed by atoms with E-state index in [-0.39, 0.29) is 6.61 Å². The number of nitrogen functional groups attached to an aromatic ring is 1. The van der Waals surface area contributed by atoms with Crippen LogP contribution in [0.25, 0.3) is 39.6 Å². The molecule has 0 radical (unpaired) electrons. The van der Waals surface area contributed by atoms with Crippen LogP contribution in [0.1, 0.15) is 5.69 Å². The number of hydrogen-bond donors (Lipinski definition) is 2. The van der Waals surface area contributed by atoms with E-state index in [2.05, 4.69) is 15.0 Å². The van der Waals surface area contributed by atoms with Crippen LogP contribution in [0.5, 0.6) is 0 Å². The van der Waals surface area contributed by atoms with Crippen LogP contribution in [-0.4, -0.2) is 34.6 Å². The molecule has 31 heavy (non-hydrogen) atoms. The number of pyridine rings is 4. The van der Waals surface area contributed by atoms with Gasteiger partial charge in [0.2, 0.25) is 0 Å². The van der Waals surface area contributed by atoms with E-state index in [1.54, 1.807) is 36.7 Å². The molecule has 3 N–H and O–H groups in total. The molecule has 0 aromatic carbocycles. The van der Waals surface area contributed by atoms with Gasteiger partial charge in [0.25, 0.3) is 0 Å². The number of aliphatic hydroxyl groups is 1. The molecule has 0 atom stereocenters. The van der Waals surface area contributed by atoms with Crippen molar-refractivity contribution in [3.63, 3.8) is 0 Å². The number of rotatable bonds is 4. The van der Waals surface area contributed by atoms with Crippen LogP contribution in [-0.2, 0) is 6.61 Å². The number of hydrogen-bond acceptors (Lipinski definition) is 7. The van der Waals surface area contributed by atoms with Crippen molar-refractivity contribution in [2.45, 2.75) is 6.61 Å². The lowest BCUT2D eigenvalue weighted by molar-refractivity contribution is 0.277. The van der Waals surface area contributed by atoms with Crippen molar-refractivity contribution in [1.29, 1.82) is 0 Å².